The third-order valence-electron chi connectivity index (χ3n) is 3.32. The van der Waals surface area contributed by atoms with E-state index in [0.717, 1.165) is 0 Å². The van der Waals surface area contributed by atoms with Crippen molar-refractivity contribution in [3.63, 3.8) is 0 Å². The van der Waals surface area contributed by atoms with Gasteiger partial charge in [0.15, 0.2) is 0 Å². The molecule has 2 unspecified atom stereocenters. The van der Waals surface area contributed by atoms with Crippen LogP contribution in [0.25, 0.3) is 0 Å². The Labute approximate surface area is 101 Å². The summed E-state index contributed by atoms with van der Waals surface area (Å²) in [5.74, 6) is 0.522. The van der Waals surface area contributed by atoms with Crippen LogP contribution in [0.2, 0.25) is 0 Å². The molecule has 1 aromatic rings. The maximum Gasteiger partial charge on any atom is 0.267 e. The summed E-state index contributed by atoms with van der Waals surface area (Å²) in [6.45, 7) is 3.97. The van der Waals surface area contributed by atoms with Gasteiger partial charge in [0, 0.05) is 11.5 Å². The summed E-state index contributed by atoms with van der Waals surface area (Å²) in [7, 11) is 0. The number of aromatic nitrogens is 2. The normalized spacial score (nSPS) is 27.2. The zero-order valence-electron chi connectivity index (χ0n) is 9.12. The van der Waals surface area contributed by atoms with Crippen molar-refractivity contribution in [3.05, 3.63) is 21.2 Å². The molecule has 0 aliphatic heterocycles. The molecule has 1 heterocycles. The van der Waals surface area contributed by atoms with Crippen molar-refractivity contribution in [3.8, 4) is 0 Å². The Morgan fingerprint density at radius 3 is 2.94 bits per heavy atom. The molecule has 1 saturated carbocycles. The Kier molecular flexibility index (Phi) is 2.79. The standard InChI is InChI=1S/C10H14BrN3O2/c1-10(2)5(3-6(10)15)14-8-7(11)9(16)13-4-12-8/h4-6,15H,3H2,1-2H3,(H2,12,13,14,16). The number of hydrogen-bond acceptors (Lipinski definition) is 4. The van der Waals surface area contributed by atoms with Crippen LogP contribution in [0, 0.1) is 5.41 Å². The van der Waals surface area contributed by atoms with E-state index in [4.69, 9.17) is 0 Å². The largest absolute Gasteiger partial charge is 0.392 e. The number of aliphatic hydroxyl groups excluding tert-OH is 1. The van der Waals surface area contributed by atoms with E-state index in [0.29, 0.717) is 16.7 Å². The number of halogens is 1. The second-order valence-corrected chi connectivity index (χ2v) is 5.46. The van der Waals surface area contributed by atoms with Crippen molar-refractivity contribution in [2.75, 3.05) is 5.32 Å². The monoisotopic (exact) mass is 287 g/mol. The van der Waals surface area contributed by atoms with E-state index < -0.39 is 0 Å². The number of aliphatic hydroxyl groups is 1. The van der Waals surface area contributed by atoms with E-state index in [1.165, 1.54) is 6.33 Å². The first-order valence-corrected chi connectivity index (χ1v) is 5.90. The van der Waals surface area contributed by atoms with Crippen LogP contribution in [0.4, 0.5) is 5.82 Å². The minimum absolute atomic E-state index is 0.133. The highest BCUT2D eigenvalue weighted by atomic mass is 79.9. The number of nitrogens with zero attached hydrogens (tertiary/aromatic N) is 1. The Bertz CT molecular complexity index is 458. The van der Waals surface area contributed by atoms with Crippen molar-refractivity contribution in [2.45, 2.75) is 32.4 Å². The molecular formula is C10H14BrN3O2. The molecule has 5 nitrogen and oxygen atoms in total. The van der Waals surface area contributed by atoms with Crippen molar-refractivity contribution >= 4 is 21.7 Å². The Morgan fingerprint density at radius 2 is 2.38 bits per heavy atom. The van der Waals surface area contributed by atoms with E-state index in [2.05, 4.69) is 31.2 Å². The average Bonchev–Trinajstić information content (AvgIpc) is 2.24. The third-order valence-corrected chi connectivity index (χ3v) is 4.06. The predicted molar refractivity (Wildman–Crippen MR) is 64.4 cm³/mol. The zero-order chi connectivity index (χ0) is 11.9. The summed E-state index contributed by atoms with van der Waals surface area (Å²) < 4.78 is 0.396. The van der Waals surface area contributed by atoms with Crippen LogP contribution in [-0.2, 0) is 0 Å². The molecule has 2 rings (SSSR count). The Morgan fingerprint density at radius 1 is 1.69 bits per heavy atom. The third kappa shape index (κ3) is 1.76. The van der Waals surface area contributed by atoms with Gasteiger partial charge in [0.05, 0.1) is 12.4 Å². The van der Waals surface area contributed by atoms with Gasteiger partial charge in [-0.1, -0.05) is 13.8 Å². The van der Waals surface area contributed by atoms with Crippen LogP contribution in [0.1, 0.15) is 20.3 Å². The van der Waals surface area contributed by atoms with E-state index >= 15 is 0 Å². The Hall–Kier alpha value is -0.880. The van der Waals surface area contributed by atoms with Crippen molar-refractivity contribution in [1.82, 2.24) is 9.97 Å². The quantitative estimate of drug-likeness (QED) is 0.761. The molecule has 88 valence electrons. The molecule has 0 bridgehead atoms. The first-order valence-electron chi connectivity index (χ1n) is 5.10. The minimum Gasteiger partial charge on any atom is -0.392 e. The highest BCUT2D eigenvalue weighted by molar-refractivity contribution is 9.10. The summed E-state index contributed by atoms with van der Waals surface area (Å²) in [5.41, 5.74) is -0.404. The van der Waals surface area contributed by atoms with Crippen LogP contribution >= 0.6 is 15.9 Å². The molecule has 1 fully saturated rings. The van der Waals surface area contributed by atoms with Gasteiger partial charge in [-0.15, -0.1) is 0 Å². The van der Waals surface area contributed by atoms with Crippen LogP contribution < -0.4 is 10.9 Å². The van der Waals surface area contributed by atoms with Gasteiger partial charge in [-0.25, -0.2) is 4.98 Å². The summed E-state index contributed by atoms with van der Waals surface area (Å²) >= 11 is 3.18. The van der Waals surface area contributed by atoms with E-state index in [1.807, 2.05) is 13.8 Å². The molecule has 1 aliphatic rings. The van der Waals surface area contributed by atoms with Gasteiger partial charge < -0.3 is 15.4 Å². The van der Waals surface area contributed by atoms with Crippen LogP contribution in [0.5, 0.6) is 0 Å². The smallest absolute Gasteiger partial charge is 0.267 e. The fourth-order valence-corrected chi connectivity index (χ4v) is 2.13. The molecule has 16 heavy (non-hydrogen) atoms. The van der Waals surface area contributed by atoms with Gasteiger partial charge in [0.2, 0.25) is 0 Å². The topological polar surface area (TPSA) is 78.0 Å². The molecular weight excluding hydrogens is 274 g/mol. The molecule has 2 atom stereocenters. The number of H-pyrrole nitrogens is 1. The molecule has 0 radical (unpaired) electrons. The lowest BCUT2D eigenvalue weighted by molar-refractivity contribution is -0.0511. The zero-order valence-corrected chi connectivity index (χ0v) is 10.7. The lowest BCUT2D eigenvalue weighted by Gasteiger charge is -2.49. The van der Waals surface area contributed by atoms with E-state index in [1.54, 1.807) is 0 Å². The number of hydrogen-bond donors (Lipinski definition) is 3. The van der Waals surface area contributed by atoms with Gasteiger partial charge in [0.25, 0.3) is 5.56 Å². The highest BCUT2D eigenvalue weighted by Crippen LogP contribution is 2.42. The lowest BCUT2D eigenvalue weighted by atomic mass is 9.64. The lowest BCUT2D eigenvalue weighted by Crippen LogP contribution is -2.57. The second kappa shape index (κ2) is 3.85. The SMILES string of the molecule is CC1(C)C(O)CC1Nc1nc[nH]c(=O)c1Br. The summed E-state index contributed by atoms with van der Waals surface area (Å²) in [6, 6.07) is 0.133. The maximum absolute atomic E-state index is 11.3. The van der Waals surface area contributed by atoms with Gasteiger partial charge >= 0.3 is 0 Å². The van der Waals surface area contributed by atoms with Gasteiger partial charge in [-0.2, -0.15) is 0 Å². The molecule has 0 amide bonds. The average molecular weight is 288 g/mol. The van der Waals surface area contributed by atoms with Crippen molar-refractivity contribution in [1.29, 1.82) is 0 Å². The molecule has 6 heteroatoms. The molecule has 1 aromatic heterocycles. The summed E-state index contributed by atoms with van der Waals surface area (Å²) in [6.07, 6.45) is 1.73. The predicted octanol–water partition coefficient (Wildman–Crippen LogP) is 1.10. The van der Waals surface area contributed by atoms with Gasteiger partial charge in [0.1, 0.15) is 10.3 Å². The van der Waals surface area contributed by atoms with Crippen LogP contribution in [-0.4, -0.2) is 27.2 Å². The molecule has 0 spiro atoms. The highest BCUT2D eigenvalue weighted by Gasteiger charge is 2.47. The molecule has 1 aliphatic carbocycles. The summed E-state index contributed by atoms with van der Waals surface area (Å²) in [4.78, 5) is 17.9. The van der Waals surface area contributed by atoms with E-state index in [9.17, 15) is 9.90 Å². The first kappa shape index (κ1) is 11.6. The van der Waals surface area contributed by atoms with E-state index in [-0.39, 0.29) is 23.1 Å². The number of nitrogens with one attached hydrogen (secondary N) is 2. The molecule has 0 aromatic carbocycles. The summed E-state index contributed by atoms with van der Waals surface area (Å²) in [5, 5.41) is 12.8. The van der Waals surface area contributed by atoms with Crippen LogP contribution in [0.15, 0.2) is 15.6 Å². The fourth-order valence-electron chi connectivity index (χ4n) is 1.80. The second-order valence-electron chi connectivity index (χ2n) is 4.66. The number of anilines is 1. The number of aromatic amines is 1. The molecule has 3 N–H and O–H groups in total. The van der Waals surface area contributed by atoms with Gasteiger partial charge in [-0.05, 0) is 22.4 Å². The van der Waals surface area contributed by atoms with Crippen molar-refractivity contribution < 1.29 is 5.11 Å². The van der Waals surface area contributed by atoms with Crippen molar-refractivity contribution in [2.24, 2.45) is 5.41 Å². The maximum atomic E-state index is 11.3. The Balaban J connectivity index is 2.17. The minimum atomic E-state index is -0.300. The fraction of sp³-hybridized carbons (Fsp3) is 0.600. The first-order chi connectivity index (χ1) is 7.43. The van der Waals surface area contributed by atoms with Crippen LogP contribution in [0.3, 0.4) is 0 Å². The molecule has 0 saturated heterocycles. The van der Waals surface area contributed by atoms with Gasteiger partial charge in [-0.3, -0.25) is 4.79 Å². The number of rotatable bonds is 2.